The number of fused-ring (bicyclic) bond motifs is 7. The van der Waals surface area contributed by atoms with Crippen LogP contribution in [0.3, 0.4) is 0 Å². The number of ether oxygens (including phenoxy) is 1. The molecule has 0 bridgehead atoms. The van der Waals surface area contributed by atoms with E-state index in [0.717, 1.165) is 22.7 Å². The Morgan fingerprint density at radius 1 is 0.424 bits per heavy atom. The van der Waals surface area contributed by atoms with Gasteiger partial charge in [-0.2, -0.15) is 11.6 Å². The molecule has 2 aliphatic heterocycles. The molecule has 276 valence electrons. The largest absolute Gasteiger partial charge is 0.458 e. The van der Waals surface area contributed by atoms with Gasteiger partial charge >= 0.3 is 0 Å². The summed E-state index contributed by atoms with van der Waals surface area (Å²) in [7, 11) is -2.72. The van der Waals surface area contributed by atoms with Crippen LogP contribution in [-0.4, -0.2) is 18.6 Å². The third-order valence-electron chi connectivity index (χ3n) is 12.4. The molecular formula is C54H36BNOSSi. The highest BCUT2D eigenvalue weighted by molar-refractivity contribution is 8.28. The number of aromatic nitrogens is 1. The first-order valence-corrected chi connectivity index (χ1v) is 23.2. The van der Waals surface area contributed by atoms with Gasteiger partial charge in [0.25, 0.3) is 5.99 Å². The maximum absolute atomic E-state index is 7.04. The van der Waals surface area contributed by atoms with E-state index in [2.05, 4.69) is 223 Å². The van der Waals surface area contributed by atoms with Crippen molar-refractivity contribution < 1.29 is 4.74 Å². The van der Waals surface area contributed by atoms with Crippen LogP contribution in [0.1, 0.15) is 0 Å². The third kappa shape index (κ3) is 5.28. The van der Waals surface area contributed by atoms with E-state index in [1.807, 2.05) is 11.6 Å². The van der Waals surface area contributed by atoms with Gasteiger partial charge in [-0.3, -0.25) is 0 Å². The van der Waals surface area contributed by atoms with Crippen LogP contribution in [-0.2, 0) is 0 Å². The van der Waals surface area contributed by atoms with Crippen molar-refractivity contribution in [1.82, 2.24) is 4.57 Å². The Labute approximate surface area is 349 Å². The van der Waals surface area contributed by atoms with Crippen LogP contribution < -0.4 is 36.4 Å². The molecular weight excluding hydrogens is 750 g/mol. The quantitative estimate of drug-likeness (QED) is 0.123. The summed E-state index contributed by atoms with van der Waals surface area (Å²) in [4.78, 5) is 1.29. The Bertz CT molecular complexity index is 3090. The second-order valence-corrected chi connectivity index (χ2v) is 20.5. The van der Waals surface area contributed by atoms with Gasteiger partial charge in [0, 0.05) is 21.4 Å². The maximum Gasteiger partial charge on any atom is 0.289 e. The first kappa shape index (κ1) is 34.3. The highest BCUT2D eigenvalue weighted by Gasteiger charge is 2.42. The smallest absolute Gasteiger partial charge is 0.289 e. The number of hydrogen-bond donors (Lipinski definition) is 0. The third-order valence-corrected chi connectivity index (χ3v) is 18.5. The SMILES string of the molecule is c1ccc([Si](c2ccccc2)(c2ccccc2)c2cccc(-c3cc4c5c(c3)-c3ccccc3SB5c3cc(-n5c6ccccc6c6ccccc65)ccc3O4)c2)cc1. The molecule has 59 heavy (non-hydrogen) atoms. The summed E-state index contributed by atoms with van der Waals surface area (Å²) in [5.41, 5.74) is 10.9. The Balaban J connectivity index is 1.04. The van der Waals surface area contributed by atoms with Crippen molar-refractivity contribution in [2.24, 2.45) is 0 Å². The monoisotopic (exact) mass is 785 g/mol. The highest BCUT2D eigenvalue weighted by Crippen LogP contribution is 2.45. The van der Waals surface area contributed by atoms with Crippen molar-refractivity contribution >= 4 is 79.2 Å². The zero-order chi connectivity index (χ0) is 38.9. The van der Waals surface area contributed by atoms with Crippen LogP contribution in [0.2, 0.25) is 0 Å². The Kier molecular flexibility index (Phi) is 7.94. The minimum atomic E-state index is -2.72. The summed E-state index contributed by atoms with van der Waals surface area (Å²) in [5.74, 6) is 1.94. The fourth-order valence-corrected chi connectivity index (χ4v) is 16.0. The molecule has 9 aromatic carbocycles. The average molecular weight is 786 g/mol. The summed E-state index contributed by atoms with van der Waals surface area (Å²) < 4.78 is 9.45. The molecule has 0 spiro atoms. The number of hydrogen-bond acceptors (Lipinski definition) is 2. The molecule has 0 saturated heterocycles. The molecule has 0 aliphatic carbocycles. The van der Waals surface area contributed by atoms with Crippen molar-refractivity contribution in [3.63, 3.8) is 0 Å². The molecule has 5 heteroatoms. The topological polar surface area (TPSA) is 14.2 Å². The fraction of sp³-hybridized carbons (Fsp3) is 0. The minimum Gasteiger partial charge on any atom is -0.458 e. The van der Waals surface area contributed by atoms with E-state index in [1.54, 1.807) is 0 Å². The maximum atomic E-state index is 7.04. The molecule has 2 aliphatic rings. The molecule has 2 nitrogen and oxygen atoms in total. The molecule has 0 atom stereocenters. The molecule has 12 rings (SSSR count). The van der Waals surface area contributed by atoms with Gasteiger partial charge in [0.05, 0.1) is 11.0 Å². The summed E-state index contributed by atoms with van der Waals surface area (Å²) in [5, 5.41) is 7.97. The van der Waals surface area contributed by atoms with E-state index >= 15 is 0 Å². The van der Waals surface area contributed by atoms with Gasteiger partial charge < -0.3 is 9.30 Å². The molecule has 0 saturated carbocycles. The van der Waals surface area contributed by atoms with Gasteiger partial charge in [-0.15, -0.1) is 0 Å². The van der Waals surface area contributed by atoms with Crippen molar-refractivity contribution in [3.8, 4) is 39.4 Å². The molecule has 0 amide bonds. The van der Waals surface area contributed by atoms with E-state index in [0.29, 0.717) is 0 Å². The summed E-state index contributed by atoms with van der Waals surface area (Å²) in [6.45, 7) is 0. The van der Waals surface area contributed by atoms with Crippen LogP contribution in [0.25, 0.3) is 49.7 Å². The van der Waals surface area contributed by atoms with Crippen LogP contribution >= 0.6 is 11.6 Å². The molecule has 0 N–H and O–H groups in total. The summed E-state index contributed by atoms with van der Waals surface area (Å²) in [6.07, 6.45) is 0. The van der Waals surface area contributed by atoms with Gasteiger partial charge in [-0.1, -0.05) is 170 Å². The number of benzene rings is 9. The zero-order valence-corrected chi connectivity index (χ0v) is 33.9. The van der Waals surface area contributed by atoms with Crippen LogP contribution in [0, 0.1) is 0 Å². The second-order valence-electron chi connectivity index (χ2n) is 15.6. The predicted molar refractivity (Wildman–Crippen MR) is 253 cm³/mol. The van der Waals surface area contributed by atoms with E-state index < -0.39 is 8.07 Å². The lowest BCUT2D eigenvalue weighted by molar-refractivity contribution is 0.488. The Hall–Kier alpha value is -6.79. The first-order valence-electron chi connectivity index (χ1n) is 20.3. The van der Waals surface area contributed by atoms with E-state index in [1.165, 1.54) is 75.1 Å². The molecule has 1 aromatic heterocycles. The Morgan fingerprint density at radius 3 is 1.66 bits per heavy atom. The lowest BCUT2D eigenvalue weighted by Gasteiger charge is -2.35. The van der Waals surface area contributed by atoms with Crippen LogP contribution in [0.15, 0.2) is 223 Å². The van der Waals surface area contributed by atoms with Crippen molar-refractivity contribution in [1.29, 1.82) is 0 Å². The molecule has 3 heterocycles. The van der Waals surface area contributed by atoms with Crippen molar-refractivity contribution in [3.05, 3.63) is 218 Å². The second kappa shape index (κ2) is 13.7. The molecule has 0 unspecified atom stereocenters. The van der Waals surface area contributed by atoms with E-state index in [4.69, 9.17) is 4.74 Å². The van der Waals surface area contributed by atoms with E-state index in [9.17, 15) is 0 Å². The zero-order valence-electron chi connectivity index (χ0n) is 32.1. The minimum absolute atomic E-state index is 0.0846. The Morgan fingerprint density at radius 2 is 1.00 bits per heavy atom. The standard InChI is InChI=1S/C54H36BNOSSi/c1-4-18-40(19-5-1)59(41-20-6-2-7-21-41,42-22-8-3-9-23-42)43-24-16-17-37(33-43)38-34-47-46-27-12-15-30-53(46)58-55-48-36-39(31-32-51(48)57-52(35-38)54(47)55)56-49-28-13-10-25-44(49)45-26-11-14-29-50(45)56/h1-36H. The molecule has 10 aromatic rings. The van der Waals surface area contributed by atoms with Gasteiger partial charge in [0.15, 0.2) is 8.07 Å². The van der Waals surface area contributed by atoms with Gasteiger partial charge in [-0.25, -0.2) is 0 Å². The average Bonchev–Trinajstić information content (AvgIpc) is 3.65. The number of para-hydroxylation sites is 2. The summed E-state index contributed by atoms with van der Waals surface area (Å²) in [6, 6.07) is 80.6. The van der Waals surface area contributed by atoms with Crippen molar-refractivity contribution in [2.75, 3.05) is 0 Å². The lowest BCUT2D eigenvalue weighted by Crippen LogP contribution is -2.74. The normalized spacial score (nSPS) is 12.8. The number of nitrogens with zero attached hydrogens (tertiary/aromatic N) is 1. The molecule has 0 radical (unpaired) electrons. The van der Waals surface area contributed by atoms with Gasteiger partial charge in [0.1, 0.15) is 11.5 Å². The lowest BCUT2D eigenvalue weighted by atomic mass is 9.57. The van der Waals surface area contributed by atoms with E-state index in [-0.39, 0.29) is 5.99 Å². The van der Waals surface area contributed by atoms with Gasteiger partial charge in [-0.05, 0) is 102 Å². The first-order chi connectivity index (χ1) is 29.3. The summed E-state index contributed by atoms with van der Waals surface area (Å²) >= 11 is 1.94. The van der Waals surface area contributed by atoms with Crippen molar-refractivity contribution in [2.45, 2.75) is 4.90 Å². The fourth-order valence-electron chi connectivity index (χ4n) is 9.86. The predicted octanol–water partition coefficient (Wildman–Crippen LogP) is 9.81. The van der Waals surface area contributed by atoms with Crippen LogP contribution in [0.5, 0.6) is 11.5 Å². The highest BCUT2D eigenvalue weighted by atomic mass is 32.2. The molecule has 0 fully saturated rings. The van der Waals surface area contributed by atoms with Gasteiger partial charge in [0.2, 0.25) is 0 Å². The van der Waals surface area contributed by atoms with Crippen LogP contribution in [0.4, 0.5) is 0 Å². The number of rotatable bonds is 6.